The van der Waals surface area contributed by atoms with Crippen molar-refractivity contribution in [3.63, 3.8) is 0 Å². The summed E-state index contributed by atoms with van der Waals surface area (Å²) in [5, 5.41) is 16.3. The van der Waals surface area contributed by atoms with Crippen molar-refractivity contribution in [3.8, 4) is 0 Å². The summed E-state index contributed by atoms with van der Waals surface area (Å²) >= 11 is 1.66. The molecular weight excluding hydrogens is 282 g/mol. The van der Waals surface area contributed by atoms with Gasteiger partial charge in [0.1, 0.15) is 0 Å². The molecule has 1 aromatic carbocycles. The highest BCUT2D eigenvalue weighted by Gasteiger charge is 2.21. The van der Waals surface area contributed by atoms with Crippen LogP contribution in [0.3, 0.4) is 0 Å². The molecule has 5 nitrogen and oxygen atoms in total. The van der Waals surface area contributed by atoms with Gasteiger partial charge in [0, 0.05) is 11.4 Å². The number of nitrogens with one attached hydrogen (secondary N) is 1. The molecule has 1 heterocycles. The minimum atomic E-state index is 0.479. The zero-order valence-electron chi connectivity index (χ0n) is 12.5. The number of hydrogen-bond donors (Lipinski definition) is 1. The summed E-state index contributed by atoms with van der Waals surface area (Å²) < 4.78 is 2.01. The lowest BCUT2D eigenvalue weighted by Gasteiger charge is -2.11. The number of hydrogen-bond acceptors (Lipinski definition) is 5. The van der Waals surface area contributed by atoms with Crippen molar-refractivity contribution in [2.45, 2.75) is 55.2 Å². The SMILES string of the molecule is CNCc1ccc(Sc2nnnn2C2CCCC2)cc1C. The van der Waals surface area contributed by atoms with Crippen LogP contribution in [-0.4, -0.2) is 27.3 Å². The fraction of sp³-hybridized carbons (Fsp3) is 0.533. The number of benzene rings is 1. The van der Waals surface area contributed by atoms with E-state index < -0.39 is 0 Å². The lowest BCUT2D eigenvalue weighted by atomic mass is 10.1. The van der Waals surface area contributed by atoms with E-state index in [4.69, 9.17) is 0 Å². The highest BCUT2D eigenvalue weighted by Crippen LogP contribution is 2.34. The molecule has 112 valence electrons. The first-order chi connectivity index (χ1) is 10.3. The molecule has 1 saturated carbocycles. The number of nitrogens with zero attached hydrogens (tertiary/aromatic N) is 4. The quantitative estimate of drug-likeness (QED) is 0.920. The van der Waals surface area contributed by atoms with E-state index in [1.54, 1.807) is 11.8 Å². The molecule has 0 bridgehead atoms. The fourth-order valence-electron chi connectivity index (χ4n) is 2.86. The Balaban J connectivity index is 1.77. The van der Waals surface area contributed by atoms with Crippen LogP contribution in [0.4, 0.5) is 0 Å². The molecule has 6 heteroatoms. The summed E-state index contributed by atoms with van der Waals surface area (Å²) in [6, 6.07) is 7.02. The van der Waals surface area contributed by atoms with Crippen LogP contribution < -0.4 is 5.32 Å². The van der Waals surface area contributed by atoms with Gasteiger partial charge >= 0.3 is 0 Å². The smallest absolute Gasteiger partial charge is 0.214 e. The molecular formula is C15H21N5S. The first-order valence-corrected chi connectivity index (χ1v) is 8.29. The van der Waals surface area contributed by atoms with Gasteiger partial charge in [0.05, 0.1) is 6.04 Å². The van der Waals surface area contributed by atoms with Crippen LogP contribution in [0.1, 0.15) is 42.9 Å². The third-order valence-corrected chi connectivity index (χ3v) is 4.96. The predicted molar refractivity (Wildman–Crippen MR) is 83.4 cm³/mol. The van der Waals surface area contributed by atoms with Gasteiger partial charge in [0.15, 0.2) is 0 Å². The van der Waals surface area contributed by atoms with Gasteiger partial charge < -0.3 is 5.32 Å². The van der Waals surface area contributed by atoms with Crippen molar-refractivity contribution in [3.05, 3.63) is 29.3 Å². The molecule has 0 radical (unpaired) electrons. The van der Waals surface area contributed by atoms with E-state index in [2.05, 4.69) is 46.0 Å². The summed E-state index contributed by atoms with van der Waals surface area (Å²) in [6.07, 6.45) is 4.95. The van der Waals surface area contributed by atoms with Crippen LogP contribution in [0.2, 0.25) is 0 Å². The lowest BCUT2D eigenvalue weighted by molar-refractivity contribution is 0.423. The molecule has 0 atom stereocenters. The molecule has 3 rings (SSSR count). The summed E-state index contributed by atoms with van der Waals surface area (Å²) in [5.41, 5.74) is 2.63. The molecule has 21 heavy (non-hydrogen) atoms. The molecule has 1 N–H and O–H groups in total. The normalized spacial score (nSPS) is 15.7. The second-order valence-corrected chi connectivity index (χ2v) is 6.61. The van der Waals surface area contributed by atoms with Crippen molar-refractivity contribution in [2.24, 2.45) is 0 Å². The van der Waals surface area contributed by atoms with Gasteiger partial charge in [-0.05, 0) is 72.3 Å². The van der Waals surface area contributed by atoms with Gasteiger partial charge in [-0.25, -0.2) is 4.68 Å². The summed E-state index contributed by atoms with van der Waals surface area (Å²) in [5.74, 6) is 0. The lowest BCUT2D eigenvalue weighted by Crippen LogP contribution is -2.08. The minimum absolute atomic E-state index is 0.479. The van der Waals surface area contributed by atoms with Crippen LogP contribution >= 0.6 is 11.8 Å². The molecule has 0 saturated heterocycles. The topological polar surface area (TPSA) is 55.6 Å². The first-order valence-electron chi connectivity index (χ1n) is 7.48. The van der Waals surface area contributed by atoms with Gasteiger partial charge in [0.2, 0.25) is 5.16 Å². The molecule has 0 spiro atoms. The highest BCUT2D eigenvalue weighted by molar-refractivity contribution is 7.99. The number of tetrazole rings is 1. The van der Waals surface area contributed by atoms with Gasteiger partial charge in [0.25, 0.3) is 0 Å². The molecule has 1 fully saturated rings. The standard InChI is InChI=1S/C15H21N5S/c1-11-9-14(8-7-12(11)10-16-2)21-15-17-18-19-20(15)13-5-3-4-6-13/h7-9,13,16H,3-6,10H2,1-2H3. The van der Waals surface area contributed by atoms with Crippen LogP contribution in [0.15, 0.2) is 28.3 Å². The van der Waals surface area contributed by atoms with Crippen molar-refractivity contribution in [1.82, 2.24) is 25.5 Å². The number of rotatable bonds is 5. The van der Waals surface area contributed by atoms with Crippen LogP contribution in [0, 0.1) is 6.92 Å². The summed E-state index contributed by atoms with van der Waals surface area (Å²) in [6.45, 7) is 3.05. The first kappa shape index (κ1) is 14.5. The largest absolute Gasteiger partial charge is 0.316 e. The Kier molecular flexibility index (Phi) is 4.55. The second kappa shape index (κ2) is 6.58. The summed E-state index contributed by atoms with van der Waals surface area (Å²) in [4.78, 5) is 1.20. The Morgan fingerprint density at radius 3 is 2.86 bits per heavy atom. The molecule has 1 aliphatic carbocycles. The predicted octanol–water partition coefficient (Wildman–Crippen LogP) is 2.97. The van der Waals surface area contributed by atoms with Crippen LogP contribution in [-0.2, 0) is 6.54 Å². The third-order valence-electron chi connectivity index (χ3n) is 4.02. The summed E-state index contributed by atoms with van der Waals surface area (Å²) in [7, 11) is 1.97. The van der Waals surface area contributed by atoms with Gasteiger partial charge in [-0.3, -0.25) is 0 Å². The molecule has 1 aromatic heterocycles. The Morgan fingerprint density at radius 2 is 2.14 bits per heavy atom. The van der Waals surface area contributed by atoms with E-state index >= 15 is 0 Å². The maximum atomic E-state index is 4.20. The Labute approximate surface area is 129 Å². The fourth-order valence-corrected chi connectivity index (χ4v) is 3.80. The van der Waals surface area contributed by atoms with Crippen LogP contribution in [0.5, 0.6) is 0 Å². The van der Waals surface area contributed by atoms with E-state index in [0.717, 1.165) is 11.7 Å². The zero-order chi connectivity index (χ0) is 14.7. The number of aryl methyl sites for hydroxylation is 1. The maximum Gasteiger partial charge on any atom is 0.214 e. The maximum absolute atomic E-state index is 4.20. The molecule has 0 aliphatic heterocycles. The Hall–Kier alpha value is -1.40. The third kappa shape index (κ3) is 3.27. The Bertz CT molecular complexity index is 604. The van der Waals surface area contributed by atoms with E-state index in [1.807, 2.05) is 11.7 Å². The molecule has 0 amide bonds. The van der Waals surface area contributed by atoms with E-state index in [0.29, 0.717) is 6.04 Å². The van der Waals surface area contributed by atoms with Crippen LogP contribution in [0.25, 0.3) is 0 Å². The van der Waals surface area contributed by atoms with Crippen molar-refractivity contribution in [2.75, 3.05) is 7.05 Å². The molecule has 2 aromatic rings. The van der Waals surface area contributed by atoms with Gasteiger partial charge in [-0.2, -0.15) is 0 Å². The average Bonchev–Trinajstić information content (AvgIpc) is 3.12. The van der Waals surface area contributed by atoms with E-state index in [9.17, 15) is 0 Å². The molecule has 0 unspecified atom stereocenters. The number of aromatic nitrogens is 4. The minimum Gasteiger partial charge on any atom is -0.316 e. The van der Waals surface area contributed by atoms with Crippen molar-refractivity contribution < 1.29 is 0 Å². The van der Waals surface area contributed by atoms with Crippen molar-refractivity contribution >= 4 is 11.8 Å². The van der Waals surface area contributed by atoms with Gasteiger partial charge in [-0.15, -0.1) is 5.10 Å². The monoisotopic (exact) mass is 303 g/mol. The highest BCUT2D eigenvalue weighted by atomic mass is 32.2. The zero-order valence-corrected chi connectivity index (χ0v) is 13.4. The van der Waals surface area contributed by atoms with Crippen molar-refractivity contribution in [1.29, 1.82) is 0 Å². The second-order valence-electron chi connectivity index (χ2n) is 5.56. The van der Waals surface area contributed by atoms with E-state index in [-0.39, 0.29) is 0 Å². The van der Waals surface area contributed by atoms with Gasteiger partial charge in [-0.1, -0.05) is 18.9 Å². The Morgan fingerprint density at radius 1 is 1.33 bits per heavy atom. The molecule has 1 aliphatic rings. The average molecular weight is 303 g/mol. The van der Waals surface area contributed by atoms with E-state index in [1.165, 1.54) is 41.7 Å².